The van der Waals surface area contributed by atoms with Crippen LogP contribution >= 0.6 is 0 Å². The summed E-state index contributed by atoms with van der Waals surface area (Å²) in [4.78, 5) is 0. The molecular weight excluding hydrogens is 293 g/mol. The van der Waals surface area contributed by atoms with Gasteiger partial charge in [0.15, 0.2) is 9.84 Å². The minimum Gasteiger partial charge on any atom is -0.494 e. The zero-order valence-electron chi connectivity index (χ0n) is 11.3. The van der Waals surface area contributed by atoms with E-state index >= 15 is 0 Å². The normalized spacial score (nSPS) is 12.7. The molecule has 3 nitrogen and oxygen atoms in total. The third kappa shape index (κ3) is 5.03. The number of halogens is 3. The van der Waals surface area contributed by atoms with E-state index in [0.29, 0.717) is 0 Å². The van der Waals surface area contributed by atoms with Crippen molar-refractivity contribution in [1.29, 1.82) is 0 Å². The van der Waals surface area contributed by atoms with Gasteiger partial charge < -0.3 is 4.74 Å². The van der Waals surface area contributed by atoms with Gasteiger partial charge in [0.2, 0.25) is 0 Å². The van der Waals surface area contributed by atoms with Crippen LogP contribution in [0.3, 0.4) is 0 Å². The molecule has 0 spiro atoms. The molecule has 0 aliphatic heterocycles. The van der Waals surface area contributed by atoms with Gasteiger partial charge in [0.1, 0.15) is 5.75 Å². The van der Waals surface area contributed by atoms with Crippen molar-refractivity contribution in [2.45, 2.75) is 31.7 Å². The Morgan fingerprint density at radius 2 is 1.90 bits per heavy atom. The molecule has 0 saturated heterocycles. The Hall–Kier alpha value is -1.24. The average Bonchev–Trinajstić information content (AvgIpc) is 2.34. The van der Waals surface area contributed by atoms with E-state index < -0.39 is 26.8 Å². The lowest BCUT2D eigenvalue weighted by Gasteiger charge is -2.11. The third-order valence-electron chi connectivity index (χ3n) is 2.72. The van der Waals surface area contributed by atoms with Crippen LogP contribution in [0.1, 0.15) is 25.8 Å². The van der Waals surface area contributed by atoms with Gasteiger partial charge in [-0.05, 0) is 38.5 Å². The van der Waals surface area contributed by atoms with Crippen molar-refractivity contribution in [2.75, 3.05) is 12.4 Å². The van der Waals surface area contributed by atoms with Gasteiger partial charge in [-0.2, -0.15) is 13.2 Å². The first-order valence-electron chi connectivity index (χ1n) is 6.14. The molecule has 0 N–H and O–H groups in total. The first-order valence-corrected chi connectivity index (χ1v) is 7.86. The summed E-state index contributed by atoms with van der Waals surface area (Å²) in [5.41, 5.74) is -0.787. The average molecular weight is 310 g/mol. The maximum Gasteiger partial charge on any atom is 0.416 e. The summed E-state index contributed by atoms with van der Waals surface area (Å²) in [7, 11) is -3.14. The van der Waals surface area contributed by atoms with E-state index in [9.17, 15) is 21.6 Å². The molecule has 0 aliphatic rings. The smallest absolute Gasteiger partial charge is 0.416 e. The summed E-state index contributed by atoms with van der Waals surface area (Å²) in [6.45, 7) is 3.24. The Labute approximate surface area is 116 Å². The Bertz CT molecular complexity index is 536. The lowest BCUT2D eigenvalue weighted by Crippen LogP contribution is -2.19. The molecule has 1 rings (SSSR count). The van der Waals surface area contributed by atoms with Crippen LogP contribution in [0.25, 0.3) is 0 Å². The van der Waals surface area contributed by atoms with E-state index in [0.717, 1.165) is 12.1 Å². The molecule has 1 aromatic rings. The Morgan fingerprint density at radius 3 is 2.45 bits per heavy atom. The van der Waals surface area contributed by atoms with Crippen LogP contribution in [0.15, 0.2) is 24.3 Å². The molecule has 114 valence electrons. The molecule has 0 radical (unpaired) electrons. The van der Waals surface area contributed by atoms with E-state index in [1.807, 2.05) is 0 Å². The van der Waals surface area contributed by atoms with E-state index in [-0.39, 0.29) is 24.5 Å². The predicted octanol–water partition coefficient (Wildman–Crippen LogP) is 3.30. The highest BCUT2D eigenvalue weighted by Gasteiger charge is 2.30. The highest BCUT2D eigenvalue weighted by atomic mass is 32.2. The fraction of sp³-hybridized carbons (Fsp3) is 0.538. The van der Waals surface area contributed by atoms with E-state index in [2.05, 4.69) is 0 Å². The zero-order valence-corrected chi connectivity index (χ0v) is 12.1. The summed E-state index contributed by atoms with van der Waals surface area (Å²) >= 11 is 0. The van der Waals surface area contributed by atoms with Crippen LogP contribution in [0.2, 0.25) is 0 Å². The Kier molecular flexibility index (Phi) is 5.44. The van der Waals surface area contributed by atoms with Crippen molar-refractivity contribution in [3.63, 3.8) is 0 Å². The highest BCUT2D eigenvalue weighted by Crippen LogP contribution is 2.31. The van der Waals surface area contributed by atoms with Crippen molar-refractivity contribution in [1.82, 2.24) is 0 Å². The summed E-state index contributed by atoms with van der Waals surface area (Å²) in [5.74, 6) is 0.0469. The molecule has 7 heteroatoms. The quantitative estimate of drug-likeness (QED) is 0.757. The maximum atomic E-state index is 12.5. The van der Waals surface area contributed by atoms with Crippen molar-refractivity contribution < 1.29 is 26.3 Å². The second kappa shape index (κ2) is 6.47. The summed E-state index contributed by atoms with van der Waals surface area (Å²) < 4.78 is 65.6. The standard InChI is InChI=1S/C13H17F3O3S/c1-10(2)20(17,18)8-4-7-19-12-6-3-5-11(9-12)13(14,15)16/h3,5-6,9-10H,4,7-8H2,1-2H3. The number of hydrogen-bond acceptors (Lipinski definition) is 3. The Morgan fingerprint density at radius 1 is 1.25 bits per heavy atom. The summed E-state index contributed by atoms with van der Waals surface area (Å²) in [6, 6.07) is 4.52. The lowest BCUT2D eigenvalue weighted by molar-refractivity contribution is -0.137. The molecule has 0 fully saturated rings. The molecular formula is C13H17F3O3S. The third-order valence-corrected chi connectivity index (χ3v) is 5.02. The molecule has 1 aromatic carbocycles. The van der Waals surface area contributed by atoms with Crippen LogP contribution in [0, 0.1) is 0 Å². The van der Waals surface area contributed by atoms with Crippen molar-refractivity contribution in [3.05, 3.63) is 29.8 Å². The largest absolute Gasteiger partial charge is 0.494 e. The van der Waals surface area contributed by atoms with Crippen molar-refractivity contribution in [3.8, 4) is 5.75 Å². The van der Waals surface area contributed by atoms with E-state index in [4.69, 9.17) is 4.74 Å². The molecule has 0 amide bonds. The number of benzene rings is 1. The van der Waals surface area contributed by atoms with Gasteiger partial charge in [0.05, 0.1) is 23.2 Å². The Balaban J connectivity index is 2.52. The van der Waals surface area contributed by atoms with Crippen LogP contribution in [-0.2, 0) is 16.0 Å². The molecule has 0 unspecified atom stereocenters. The van der Waals surface area contributed by atoms with Crippen LogP contribution in [0.4, 0.5) is 13.2 Å². The van der Waals surface area contributed by atoms with Gasteiger partial charge in [0.25, 0.3) is 0 Å². The molecule has 0 aromatic heterocycles. The number of hydrogen-bond donors (Lipinski definition) is 0. The summed E-state index contributed by atoms with van der Waals surface area (Å²) in [5, 5.41) is -0.462. The van der Waals surface area contributed by atoms with E-state index in [1.165, 1.54) is 12.1 Å². The fourth-order valence-electron chi connectivity index (χ4n) is 1.45. The van der Waals surface area contributed by atoms with Crippen LogP contribution < -0.4 is 4.74 Å². The minimum absolute atomic E-state index is 0.0381. The predicted molar refractivity (Wildman–Crippen MR) is 70.5 cm³/mol. The molecule has 0 saturated carbocycles. The first-order chi connectivity index (χ1) is 9.13. The molecule has 0 aliphatic carbocycles. The SMILES string of the molecule is CC(C)S(=O)(=O)CCCOc1cccc(C(F)(F)F)c1. The number of sulfone groups is 1. The second-order valence-corrected chi connectivity index (χ2v) is 7.32. The second-order valence-electron chi connectivity index (χ2n) is 4.64. The molecule has 0 atom stereocenters. The van der Waals surface area contributed by atoms with Crippen LogP contribution in [-0.4, -0.2) is 26.0 Å². The number of ether oxygens (including phenoxy) is 1. The van der Waals surface area contributed by atoms with Gasteiger partial charge in [-0.25, -0.2) is 8.42 Å². The van der Waals surface area contributed by atoms with Gasteiger partial charge >= 0.3 is 6.18 Å². The lowest BCUT2D eigenvalue weighted by atomic mass is 10.2. The van der Waals surface area contributed by atoms with E-state index in [1.54, 1.807) is 13.8 Å². The first kappa shape index (κ1) is 16.8. The molecule has 0 bridgehead atoms. The maximum absolute atomic E-state index is 12.5. The van der Waals surface area contributed by atoms with Gasteiger partial charge in [-0.3, -0.25) is 0 Å². The van der Waals surface area contributed by atoms with Crippen LogP contribution in [0.5, 0.6) is 5.75 Å². The monoisotopic (exact) mass is 310 g/mol. The van der Waals surface area contributed by atoms with Gasteiger partial charge in [-0.1, -0.05) is 6.07 Å². The summed E-state index contributed by atoms with van der Waals surface area (Å²) in [6.07, 6.45) is -4.17. The van der Waals surface area contributed by atoms with Crippen molar-refractivity contribution in [2.24, 2.45) is 0 Å². The highest BCUT2D eigenvalue weighted by molar-refractivity contribution is 7.91. The zero-order chi connectivity index (χ0) is 15.4. The van der Waals surface area contributed by atoms with Gasteiger partial charge in [-0.15, -0.1) is 0 Å². The minimum atomic E-state index is -4.42. The topological polar surface area (TPSA) is 43.4 Å². The van der Waals surface area contributed by atoms with Gasteiger partial charge in [0, 0.05) is 0 Å². The fourth-order valence-corrected chi connectivity index (χ4v) is 2.44. The number of rotatable bonds is 6. The number of alkyl halides is 3. The van der Waals surface area contributed by atoms with Crippen molar-refractivity contribution >= 4 is 9.84 Å². The molecule has 20 heavy (non-hydrogen) atoms. The molecule has 0 heterocycles.